The summed E-state index contributed by atoms with van der Waals surface area (Å²) in [6.45, 7) is 17.6. The summed E-state index contributed by atoms with van der Waals surface area (Å²) >= 11 is 0. The van der Waals surface area contributed by atoms with Gasteiger partial charge in [-0.15, -0.1) is 0 Å². The molecule has 8 nitrogen and oxygen atoms in total. The molecule has 3 rings (SSSR count). The van der Waals surface area contributed by atoms with Crippen LogP contribution in [0.4, 0.5) is 0 Å². The molecule has 0 N–H and O–H groups in total. The van der Waals surface area contributed by atoms with E-state index in [9.17, 15) is 4.79 Å². The summed E-state index contributed by atoms with van der Waals surface area (Å²) in [6, 6.07) is 5.76. The molecule has 0 spiro atoms. The first-order valence-electron chi connectivity index (χ1n) is 14.2. The molecule has 1 atom stereocenters. The van der Waals surface area contributed by atoms with Gasteiger partial charge < -0.3 is 28.6 Å². The van der Waals surface area contributed by atoms with Crippen LogP contribution in [0.5, 0.6) is 23.0 Å². The van der Waals surface area contributed by atoms with Crippen molar-refractivity contribution < 1.29 is 28.5 Å². The lowest BCUT2D eigenvalue weighted by molar-refractivity contribution is -0.151. The van der Waals surface area contributed by atoms with Gasteiger partial charge in [-0.2, -0.15) is 0 Å². The maximum absolute atomic E-state index is 13.3. The van der Waals surface area contributed by atoms with Crippen molar-refractivity contribution in [3.8, 4) is 23.0 Å². The van der Waals surface area contributed by atoms with Crippen LogP contribution in [0.3, 0.4) is 0 Å². The molecule has 1 aliphatic rings. The lowest BCUT2D eigenvalue weighted by Gasteiger charge is -2.32. The first kappa shape index (κ1) is 30.6. The average Bonchev–Trinajstić information content (AvgIpc) is 2.90. The van der Waals surface area contributed by atoms with Gasteiger partial charge in [0.05, 0.1) is 43.7 Å². The van der Waals surface area contributed by atoms with Crippen molar-refractivity contribution in [2.75, 3.05) is 66.2 Å². The van der Waals surface area contributed by atoms with Gasteiger partial charge in [0.25, 0.3) is 0 Å². The van der Waals surface area contributed by atoms with Crippen molar-refractivity contribution in [2.45, 2.75) is 54.1 Å². The fourth-order valence-electron chi connectivity index (χ4n) is 4.78. The zero-order valence-corrected chi connectivity index (χ0v) is 24.8. The monoisotopic (exact) mass is 542 g/mol. The van der Waals surface area contributed by atoms with Crippen LogP contribution in [0.25, 0.3) is 10.8 Å². The van der Waals surface area contributed by atoms with Crippen molar-refractivity contribution in [3.63, 3.8) is 0 Å². The van der Waals surface area contributed by atoms with E-state index >= 15 is 0 Å². The molecule has 39 heavy (non-hydrogen) atoms. The second-order valence-corrected chi connectivity index (χ2v) is 9.91. The van der Waals surface area contributed by atoms with Crippen LogP contribution in [0.2, 0.25) is 0 Å². The number of carbonyl (C=O) groups is 1. The zero-order chi connectivity index (χ0) is 28.4. The topological polar surface area (TPSA) is 69.7 Å². The Morgan fingerprint density at radius 2 is 1.41 bits per heavy atom. The molecule has 0 unspecified atom stereocenters. The van der Waals surface area contributed by atoms with Gasteiger partial charge >= 0.3 is 5.97 Å². The predicted octanol–water partition coefficient (Wildman–Crippen LogP) is 5.62. The van der Waals surface area contributed by atoms with Crippen molar-refractivity contribution in [2.24, 2.45) is 0 Å². The van der Waals surface area contributed by atoms with Gasteiger partial charge in [0, 0.05) is 38.2 Å². The highest BCUT2D eigenvalue weighted by atomic mass is 16.5. The third kappa shape index (κ3) is 8.02. The summed E-state index contributed by atoms with van der Waals surface area (Å²) in [4.78, 5) is 17.7. The molecule has 1 fully saturated rings. The van der Waals surface area contributed by atoms with E-state index in [0.29, 0.717) is 55.8 Å². The minimum Gasteiger partial charge on any atom is -0.493 e. The summed E-state index contributed by atoms with van der Waals surface area (Å²) in [5.41, 5.74) is 1.90. The molecule has 216 valence electrons. The van der Waals surface area contributed by atoms with Crippen molar-refractivity contribution >= 4 is 16.7 Å². The Balaban J connectivity index is 2.16. The number of rotatable bonds is 14. The molecule has 0 aromatic heterocycles. The minimum atomic E-state index is -0.560. The normalized spacial score (nSPS) is 15.1. The Morgan fingerprint density at radius 1 is 0.846 bits per heavy atom. The molecule has 8 heteroatoms. The number of piperazine rings is 1. The number of benzene rings is 2. The smallest absolute Gasteiger partial charge is 0.320 e. The molecule has 0 saturated carbocycles. The van der Waals surface area contributed by atoms with Crippen LogP contribution in [0.1, 0.15) is 59.6 Å². The van der Waals surface area contributed by atoms with E-state index in [1.165, 1.54) is 0 Å². The van der Waals surface area contributed by atoms with E-state index in [1.807, 2.05) is 59.7 Å². The Kier molecular flexibility index (Phi) is 11.7. The summed E-state index contributed by atoms with van der Waals surface area (Å²) in [5, 5.41) is 1.56. The number of fused-ring (bicyclic) bond motifs is 1. The Morgan fingerprint density at radius 3 is 1.97 bits per heavy atom. The molecule has 1 saturated heterocycles. The van der Waals surface area contributed by atoms with Crippen LogP contribution < -0.4 is 18.9 Å². The van der Waals surface area contributed by atoms with E-state index in [1.54, 1.807) is 0 Å². The quantitative estimate of drug-likeness (QED) is 0.225. The first-order chi connectivity index (χ1) is 18.8. The summed E-state index contributed by atoms with van der Waals surface area (Å²) in [5.74, 6) is 2.39. The van der Waals surface area contributed by atoms with E-state index in [-0.39, 0.29) is 12.5 Å². The molecular formula is C31H46N2O6. The number of hydrogen-bond donors (Lipinski definition) is 0. The second kappa shape index (κ2) is 15.0. The first-order valence-corrected chi connectivity index (χ1v) is 14.2. The fourth-order valence-corrected chi connectivity index (χ4v) is 4.78. The Labute approximate surface area is 233 Å². The largest absolute Gasteiger partial charge is 0.493 e. The highest BCUT2D eigenvalue weighted by Crippen LogP contribution is 2.49. The van der Waals surface area contributed by atoms with Gasteiger partial charge in [-0.3, -0.25) is 9.69 Å². The number of esters is 1. The molecule has 0 amide bonds. The number of ether oxygens (including phenoxy) is 5. The molecule has 1 heterocycles. The van der Waals surface area contributed by atoms with E-state index < -0.39 is 6.10 Å². The molecule has 2 aromatic carbocycles. The number of nitrogens with zero attached hydrogens (tertiary/aromatic N) is 2. The van der Waals surface area contributed by atoms with Crippen LogP contribution in [0.15, 0.2) is 29.8 Å². The van der Waals surface area contributed by atoms with E-state index in [4.69, 9.17) is 23.7 Å². The number of carbonyl (C=O) groups excluding carboxylic acids is 1. The maximum atomic E-state index is 13.3. The Bertz CT molecular complexity index is 1120. The lowest BCUT2D eigenvalue weighted by Crippen LogP contribution is -2.46. The molecule has 0 bridgehead atoms. The van der Waals surface area contributed by atoms with Gasteiger partial charge in [0.1, 0.15) is 29.1 Å². The highest BCUT2D eigenvalue weighted by molar-refractivity contribution is 6.03. The molecule has 1 aliphatic heterocycles. The molecule has 0 radical (unpaired) electrons. The van der Waals surface area contributed by atoms with Gasteiger partial charge in [-0.05, 0) is 66.8 Å². The fraction of sp³-hybridized carbons (Fsp3) is 0.581. The van der Waals surface area contributed by atoms with Crippen LogP contribution in [-0.4, -0.2) is 82.0 Å². The maximum Gasteiger partial charge on any atom is 0.320 e. The number of likely N-dealkylation sites (N-methyl/N-ethyl adjacent to an activating group) is 1. The third-order valence-corrected chi connectivity index (χ3v) is 6.65. The van der Waals surface area contributed by atoms with Gasteiger partial charge in [0.15, 0.2) is 0 Å². The highest BCUT2D eigenvalue weighted by Gasteiger charge is 2.28. The van der Waals surface area contributed by atoms with Crippen molar-refractivity contribution in [1.29, 1.82) is 0 Å². The summed E-state index contributed by atoms with van der Waals surface area (Å²) in [7, 11) is 2.10. The number of allylic oxidation sites excluding steroid dienone is 1. The molecular weight excluding hydrogens is 496 g/mol. The van der Waals surface area contributed by atoms with E-state index in [0.717, 1.165) is 48.1 Å². The van der Waals surface area contributed by atoms with Crippen LogP contribution in [0, 0.1) is 0 Å². The van der Waals surface area contributed by atoms with Crippen LogP contribution in [-0.2, 0) is 9.53 Å². The standard InChI is InChI=1S/C31H46N2O6/c1-8-35-25-14-15-26(36-9-2)30-29(25)27(37-10-3)20-23(31(30)38-11-4)24(13-12-22(5)6)39-28(34)21-33-18-16-32(7)17-19-33/h12,14-15,20,24H,8-11,13,16-19,21H2,1-7H3/t24-/m0/s1. The number of hydrogen-bond acceptors (Lipinski definition) is 8. The van der Waals surface area contributed by atoms with Crippen LogP contribution >= 0.6 is 0 Å². The van der Waals surface area contributed by atoms with Gasteiger partial charge in [0.2, 0.25) is 0 Å². The minimum absolute atomic E-state index is 0.250. The third-order valence-electron chi connectivity index (χ3n) is 6.65. The Hall–Kier alpha value is -2.97. The average molecular weight is 543 g/mol. The second-order valence-electron chi connectivity index (χ2n) is 9.91. The summed E-state index contributed by atoms with van der Waals surface area (Å²) < 4.78 is 30.8. The van der Waals surface area contributed by atoms with E-state index in [2.05, 4.69) is 22.9 Å². The van der Waals surface area contributed by atoms with Crippen molar-refractivity contribution in [3.05, 3.63) is 35.4 Å². The lowest BCUT2D eigenvalue weighted by atomic mass is 9.96. The zero-order valence-electron chi connectivity index (χ0n) is 24.8. The SMILES string of the molecule is CCOc1ccc(OCC)c2c(OCC)c([C@H](CC=C(C)C)OC(=O)CN3CCN(C)CC3)cc(OCC)c12. The van der Waals surface area contributed by atoms with Gasteiger partial charge in [-0.1, -0.05) is 11.6 Å². The van der Waals surface area contributed by atoms with Crippen molar-refractivity contribution in [1.82, 2.24) is 9.80 Å². The molecule has 0 aliphatic carbocycles. The predicted molar refractivity (Wildman–Crippen MR) is 155 cm³/mol. The van der Waals surface area contributed by atoms with Gasteiger partial charge in [-0.25, -0.2) is 0 Å². The molecule has 2 aromatic rings. The summed E-state index contributed by atoms with van der Waals surface area (Å²) in [6.07, 6.45) is 2.05.